The standard InChI is InChI=1S/C9H20O3/c1-5-11-8(4)9(10)6-12-7(2)3/h7-10H,5-6H2,1-4H3. The fraction of sp³-hybridized carbons (Fsp3) is 1.00. The predicted molar refractivity (Wildman–Crippen MR) is 48.2 cm³/mol. The minimum absolute atomic E-state index is 0.145. The van der Waals surface area contributed by atoms with Crippen LogP contribution in [-0.4, -0.2) is 36.6 Å². The van der Waals surface area contributed by atoms with Crippen LogP contribution in [0.4, 0.5) is 0 Å². The van der Waals surface area contributed by atoms with Crippen LogP contribution in [0.5, 0.6) is 0 Å². The van der Waals surface area contributed by atoms with Crippen LogP contribution in [0.15, 0.2) is 0 Å². The van der Waals surface area contributed by atoms with Gasteiger partial charge in [-0.3, -0.25) is 0 Å². The van der Waals surface area contributed by atoms with Crippen molar-refractivity contribution in [2.45, 2.75) is 46.0 Å². The van der Waals surface area contributed by atoms with Gasteiger partial charge in [-0.05, 0) is 27.7 Å². The Kier molecular flexibility index (Phi) is 6.34. The Labute approximate surface area is 74.7 Å². The Morgan fingerprint density at radius 1 is 1.17 bits per heavy atom. The maximum atomic E-state index is 9.45. The monoisotopic (exact) mass is 176 g/mol. The van der Waals surface area contributed by atoms with Crippen molar-refractivity contribution in [3.8, 4) is 0 Å². The van der Waals surface area contributed by atoms with Gasteiger partial charge in [0, 0.05) is 6.61 Å². The van der Waals surface area contributed by atoms with Crippen molar-refractivity contribution in [2.24, 2.45) is 0 Å². The van der Waals surface area contributed by atoms with Gasteiger partial charge >= 0.3 is 0 Å². The second-order valence-electron chi connectivity index (χ2n) is 3.11. The summed E-state index contributed by atoms with van der Waals surface area (Å²) in [5, 5.41) is 9.45. The third-order valence-corrected chi connectivity index (χ3v) is 1.57. The molecule has 0 amide bonds. The maximum absolute atomic E-state index is 9.45. The SMILES string of the molecule is CCOC(C)C(O)COC(C)C. The van der Waals surface area contributed by atoms with Crippen molar-refractivity contribution < 1.29 is 14.6 Å². The summed E-state index contributed by atoms with van der Waals surface area (Å²) in [5.41, 5.74) is 0. The minimum atomic E-state index is -0.521. The Hall–Kier alpha value is -0.120. The average Bonchev–Trinajstić information content (AvgIpc) is 2.00. The first kappa shape index (κ1) is 11.9. The van der Waals surface area contributed by atoms with Gasteiger partial charge in [-0.2, -0.15) is 0 Å². The molecule has 0 saturated heterocycles. The van der Waals surface area contributed by atoms with Crippen molar-refractivity contribution >= 4 is 0 Å². The lowest BCUT2D eigenvalue weighted by Crippen LogP contribution is -2.31. The lowest BCUT2D eigenvalue weighted by molar-refractivity contribution is -0.0714. The van der Waals surface area contributed by atoms with E-state index in [0.29, 0.717) is 13.2 Å². The van der Waals surface area contributed by atoms with Gasteiger partial charge in [0.1, 0.15) is 6.10 Å². The highest BCUT2D eigenvalue weighted by Gasteiger charge is 2.14. The summed E-state index contributed by atoms with van der Waals surface area (Å²) < 4.78 is 10.4. The van der Waals surface area contributed by atoms with E-state index >= 15 is 0 Å². The zero-order valence-electron chi connectivity index (χ0n) is 8.41. The lowest BCUT2D eigenvalue weighted by atomic mass is 10.2. The molecule has 0 spiro atoms. The van der Waals surface area contributed by atoms with Gasteiger partial charge in [-0.25, -0.2) is 0 Å². The highest BCUT2D eigenvalue weighted by molar-refractivity contribution is 4.62. The Bertz CT molecular complexity index is 104. The number of hydrogen-bond donors (Lipinski definition) is 1. The molecule has 0 saturated carbocycles. The summed E-state index contributed by atoms with van der Waals surface area (Å²) in [6.45, 7) is 8.61. The number of aliphatic hydroxyl groups excluding tert-OH is 1. The first-order valence-electron chi connectivity index (χ1n) is 4.49. The van der Waals surface area contributed by atoms with E-state index < -0.39 is 6.10 Å². The molecule has 0 aromatic heterocycles. The van der Waals surface area contributed by atoms with E-state index in [-0.39, 0.29) is 12.2 Å². The quantitative estimate of drug-likeness (QED) is 0.661. The van der Waals surface area contributed by atoms with Gasteiger partial charge in [0.25, 0.3) is 0 Å². The third-order valence-electron chi connectivity index (χ3n) is 1.57. The van der Waals surface area contributed by atoms with Crippen molar-refractivity contribution in [1.82, 2.24) is 0 Å². The van der Waals surface area contributed by atoms with E-state index in [4.69, 9.17) is 9.47 Å². The van der Waals surface area contributed by atoms with Crippen LogP contribution < -0.4 is 0 Å². The van der Waals surface area contributed by atoms with Crippen LogP contribution in [-0.2, 0) is 9.47 Å². The van der Waals surface area contributed by atoms with Gasteiger partial charge in [0.15, 0.2) is 0 Å². The van der Waals surface area contributed by atoms with Crippen LogP contribution >= 0.6 is 0 Å². The van der Waals surface area contributed by atoms with Crippen LogP contribution in [0.3, 0.4) is 0 Å². The molecule has 74 valence electrons. The first-order valence-corrected chi connectivity index (χ1v) is 4.49. The molecule has 0 rings (SSSR count). The normalized spacial score (nSPS) is 16.5. The number of aliphatic hydroxyl groups is 1. The molecule has 0 heterocycles. The summed E-state index contributed by atoms with van der Waals surface area (Å²) in [6, 6.07) is 0. The van der Waals surface area contributed by atoms with Gasteiger partial charge < -0.3 is 14.6 Å². The van der Waals surface area contributed by atoms with Crippen LogP contribution in [0.25, 0.3) is 0 Å². The number of hydrogen-bond acceptors (Lipinski definition) is 3. The fourth-order valence-corrected chi connectivity index (χ4v) is 0.801. The molecule has 1 N–H and O–H groups in total. The molecule has 0 aromatic carbocycles. The number of rotatable bonds is 6. The van der Waals surface area contributed by atoms with E-state index in [1.807, 2.05) is 27.7 Å². The summed E-state index contributed by atoms with van der Waals surface area (Å²) in [4.78, 5) is 0. The molecule has 0 aromatic rings. The molecule has 3 nitrogen and oxygen atoms in total. The summed E-state index contributed by atoms with van der Waals surface area (Å²) in [5.74, 6) is 0. The van der Waals surface area contributed by atoms with Gasteiger partial charge in [-0.15, -0.1) is 0 Å². The molecule has 0 fully saturated rings. The van der Waals surface area contributed by atoms with Crippen LogP contribution in [0, 0.1) is 0 Å². The predicted octanol–water partition coefficient (Wildman–Crippen LogP) is 1.20. The largest absolute Gasteiger partial charge is 0.388 e. The van der Waals surface area contributed by atoms with Crippen molar-refractivity contribution in [1.29, 1.82) is 0 Å². The zero-order chi connectivity index (χ0) is 9.56. The molecule has 0 aliphatic carbocycles. The summed E-state index contributed by atoms with van der Waals surface area (Å²) in [6.07, 6.45) is -0.505. The topological polar surface area (TPSA) is 38.7 Å². The lowest BCUT2D eigenvalue weighted by Gasteiger charge is -2.19. The zero-order valence-corrected chi connectivity index (χ0v) is 8.41. The fourth-order valence-electron chi connectivity index (χ4n) is 0.801. The first-order chi connectivity index (χ1) is 5.57. The van der Waals surface area contributed by atoms with Crippen LogP contribution in [0.2, 0.25) is 0 Å². The second-order valence-corrected chi connectivity index (χ2v) is 3.11. The number of ether oxygens (including phenoxy) is 2. The van der Waals surface area contributed by atoms with Crippen molar-refractivity contribution in [3.63, 3.8) is 0 Å². The summed E-state index contributed by atoms with van der Waals surface area (Å²) in [7, 11) is 0. The second kappa shape index (κ2) is 6.40. The van der Waals surface area contributed by atoms with Gasteiger partial charge in [0.05, 0.1) is 18.8 Å². The Morgan fingerprint density at radius 3 is 2.17 bits per heavy atom. The van der Waals surface area contributed by atoms with Gasteiger partial charge in [-0.1, -0.05) is 0 Å². The van der Waals surface area contributed by atoms with Crippen molar-refractivity contribution in [3.05, 3.63) is 0 Å². The van der Waals surface area contributed by atoms with E-state index in [1.165, 1.54) is 0 Å². The molecule has 2 unspecified atom stereocenters. The van der Waals surface area contributed by atoms with E-state index in [1.54, 1.807) is 0 Å². The molecular weight excluding hydrogens is 156 g/mol. The molecule has 2 atom stereocenters. The molecule has 0 aliphatic heterocycles. The minimum Gasteiger partial charge on any atom is -0.388 e. The molecule has 0 bridgehead atoms. The Balaban J connectivity index is 3.49. The Morgan fingerprint density at radius 2 is 1.75 bits per heavy atom. The molecule has 0 radical (unpaired) electrons. The van der Waals surface area contributed by atoms with E-state index in [2.05, 4.69) is 0 Å². The smallest absolute Gasteiger partial charge is 0.103 e. The molecule has 12 heavy (non-hydrogen) atoms. The van der Waals surface area contributed by atoms with Crippen molar-refractivity contribution in [2.75, 3.05) is 13.2 Å². The average molecular weight is 176 g/mol. The summed E-state index contributed by atoms with van der Waals surface area (Å²) >= 11 is 0. The highest BCUT2D eigenvalue weighted by atomic mass is 16.5. The van der Waals surface area contributed by atoms with E-state index in [0.717, 1.165) is 0 Å². The highest BCUT2D eigenvalue weighted by Crippen LogP contribution is 2.00. The van der Waals surface area contributed by atoms with E-state index in [9.17, 15) is 5.11 Å². The molecular formula is C9H20O3. The molecule has 3 heteroatoms. The van der Waals surface area contributed by atoms with Crippen LogP contribution in [0.1, 0.15) is 27.7 Å². The third kappa shape index (κ3) is 5.52. The maximum Gasteiger partial charge on any atom is 0.103 e. The molecule has 0 aliphatic rings. The van der Waals surface area contributed by atoms with Gasteiger partial charge in [0.2, 0.25) is 0 Å².